The lowest BCUT2D eigenvalue weighted by molar-refractivity contribution is 0.797. The molecule has 22 heavy (non-hydrogen) atoms. The second kappa shape index (κ2) is 7.09. The Labute approximate surface area is 133 Å². The Hall–Kier alpha value is -2.34. The normalized spacial score (nSPS) is 10.6. The van der Waals surface area contributed by atoms with Crippen LogP contribution >= 0.6 is 11.8 Å². The van der Waals surface area contributed by atoms with Crippen LogP contribution in [-0.2, 0) is 13.1 Å². The molecule has 6 heteroatoms. The number of thioether (sulfide) groups is 1. The molecule has 1 aromatic carbocycles. The van der Waals surface area contributed by atoms with Gasteiger partial charge < -0.3 is 9.88 Å². The molecule has 0 saturated carbocycles. The van der Waals surface area contributed by atoms with E-state index in [1.165, 1.54) is 11.1 Å². The van der Waals surface area contributed by atoms with Crippen molar-refractivity contribution in [1.82, 2.24) is 19.7 Å². The van der Waals surface area contributed by atoms with Gasteiger partial charge in [-0.1, -0.05) is 24.3 Å². The second-order valence-corrected chi connectivity index (χ2v) is 5.69. The van der Waals surface area contributed by atoms with Gasteiger partial charge in [0.05, 0.1) is 6.33 Å². The summed E-state index contributed by atoms with van der Waals surface area (Å²) in [7, 11) is 0. The summed E-state index contributed by atoms with van der Waals surface area (Å²) in [5.41, 5.74) is 2.47. The van der Waals surface area contributed by atoms with E-state index in [9.17, 15) is 0 Å². The van der Waals surface area contributed by atoms with E-state index >= 15 is 0 Å². The van der Waals surface area contributed by atoms with Gasteiger partial charge in [0.15, 0.2) is 0 Å². The van der Waals surface area contributed by atoms with E-state index in [0.717, 1.165) is 23.9 Å². The first kappa shape index (κ1) is 14.6. The third-order valence-corrected chi connectivity index (χ3v) is 3.91. The zero-order valence-electron chi connectivity index (χ0n) is 12.3. The number of nitrogens with one attached hydrogen (secondary N) is 1. The summed E-state index contributed by atoms with van der Waals surface area (Å²) < 4.78 is 2.05. The Morgan fingerprint density at radius 2 is 1.86 bits per heavy atom. The van der Waals surface area contributed by atoms with Gasteiger partial charge in [-0.25, -0.2) is 4.98 Å². The van der Waals surface area contributed by atoms with Gasteiger partial charge in [0, 0.05) is 25.5 Å². The molecule has 112 valence electrons. The van der Waals surface area contributed by atoms with E-state index in [4.69, 9.17) is 0 Å². The van der Waals surface area contributed by atoms with Crippen molar-refractivity contribution < 1.29 is 0 Å². The quantitative estimate of drug-likeness (QED) is 0.709. The van der Waals surface area contributed by atoms with Gasteiger partial charge in [-0.2, -0.15) is 0 Å². The van der Waals surface area contributed by atoms with Crippen LogP contribution in [0.4, 0.5) is 5.82 Å². The van der Waals surface area contributed by atoms with Gasteiger partial charge in [0.25, 0.3) is 0 Å². The molecule has 0 unspecified atom stereocenters. The lowest BCUT2D eigenvalue weighted by Crippen LogP contribution is -2.03. The van der Waals surface area contributed by atoms with Crippen LogP contribution in [-0.4, -0.2) is 26.0 Å². The Balaban J connectivity index is 1.56. The molecule has 0 spiro atoms. The van der Waals surface area contributed by atoms with Crippen molar-refractivity contribution >= 4 is 17.6 Å². The van der Waals surface area contributed by atoms with Crippen molar-refractivity contribution in [2.45, 2.75) is 18.1 Å². The van der Waals surface area contributed by atoms with Crippen molar-refractivity contribution in [3.8, 4) is 0 Å². The highest BCUT2D eigenvalue weighted by Crippen LogP contribution is 2.12. The van der Waals surface area contributed by atoms with Gasteiger partial charge in [0.1, 0.15) is 10.8 Å². The van der Waals surface area contributed by atoms with Crippen LogP contribution in [0.5, 0.6) is 0 Å². The Kier molecular flexibility index (Phi) is 4.70. The van der Waals surface area contributed by atoms with Gasteiger partial charge in [-0.15, -0.1) is 22.0 Å². The van der Waals surface area contributed by atoms with Crippen LogP contribution in [0.2, 0.25) is 0 Å². The third-order valence-electron chi connectivity index (χ3n) is 3.27. The molecule has 2 aromatic heterocycles. The van der Waals surface area contributed by atoms with Crippen molar-refractivity contribution in [1.29, 1.82) is 0 Å². The van der Waals surface area contributed by atoms with Gasteiger partial charge >= 0.3 is 0 Å². The first-order chi connectivity index (χ1) is 10.8. The molecule has 3 rings (SSSR count). The van der Waals surface area contributed by atoms with Crippen molar-refractivity contribution in [2.75, 3.05) is 11.6 Å². The zero-order valence-corrected chi connectivity index (χ0v) is 13.1. The summed E-state index contributed by atoms with van der Waals surface area (Å²) in [5, 5.41) is 12.5. The maximum atomic E-state index is 4.14. The molecule has 0 fully saturated rings. The molecular formula is C16H17N5S. The van der Waals surface area contributed by atoms with Crippen LogP contribution in [0.25, 0.3) is 0 Å². The highest BCUT2D eigenvalue weighted by atomic mass is 32.2. The molecule has 2 heterocycles. The van der Waals surface area contributed by atoms with E-state index in [1.54, 1.807) is 18.0 Å². The first-order valence-corrected chi connectivity index (χ1v) is 8.21. The highest BCUT2D eigenvalue weighted by Gasteiger charge is 1.99. The number of rotatable bonds is 6. The molecule has 0 amide bonds. The summed E-state index contributed by atoms with van der Waals surface area (Å²) in [5.74, 6) is 0.792. The number of hydrogen-bond donors (Lipinski definition) is 1. The first-order valence-electron chi connectivity index (χ1n) is 6.98. The van der Waals surface area contributed by atoms with Crippen LogP contribution in [0.3, 0.4) is 0 Å². The van der Waals surface area contributed by atoms with Crippen LogP contribution in [0.1, 0.15) is 11.1 Å². The van der Waals surface area contributed by atoms with Crippen LogP contribution in [0, 0.1) is 0 Å². The number of benzene rings is 1. The number of imidazole rings is 1. The van der Waals surface area contributed by atoms with E-state index in [2.05, 4.69) is 49.3 Å². The molecule has 0 bridgehead atoms. The maximum absolute atomic E-state index is 4.14. The fraction of sp³-hybridized carbons (Fsp3) is 0.188. The van der Waals surface area contributed by atoms with Gasteiger partial charge in [0.2, 0.25) is 0 Å². The van der Waals surface area contributed by atoms with Gasteiger partial charge in [-0.3, -0.25) is 0 Å². The van der Waals surface area contributed by atoms with E-state index in [0.29, 0.717) is 0 Å². The fourth-order valence-corrected chi connectivity index (χ4v) is 2.40. The van der Waals surface area contributed by atoms with Crippen molar-refractivity contribution in [3.05, 3.63) is 66.2 Å². The average Bonchev–Trinajstić information content (AvgIpc) is 3.08. The number of hydrogen-bond acceptors (Lipinski definition) is 5. The number of anilines is 1. The molecule has 0 saturated heterocycles. The summed E-state index contributed by atoms with van der Waals surface area (Å²) in [6, 6.07) is 12.4. The summed E-state index contributed by atoms with van der Waals surface area (Å²) in [6.07, 6.45) is 7.57. The van der Waals surface area contributed by atoms with Crippen molar-refractivity contribution in [3.63, 3.8) is 0 Å². The van der Waals surface area contributed by atoms with Crippen LogP contribution < -0.4 is 5.32 Å². The van der Waals surface area contributed by atoms with E-state index < -0.39 is 0 Å². The Bertz CT molecular complexity index is 692. The Morgan fingerprint density at radius 3 is 2.50 bits per heavy atom. The minimum Gasteiger partial charge on any atom is -0.365 e. The molecule has 1 N–H and O–H groups in total. The van der Waals surface area contributed by atoms with E-state index in [1.807, 2.05) is 30.9 Å². The molecule has 3 aromatic rings. The average molecular weight is 311 g/mol. The lowest BCUT2D eigenvalue weighted by atomic mass is 10.1. The predicted octanol–water partition coefficient (Wildman–Crippen LogP) is 3.06. The minimum absolute atomic E-state index is 0.735. The van der Waals surface area contributed by atoms with Gasteiger partial charge in [-0.05, 0) is 29.5 Å². The fourth-order valence-electron chi connectivity index (χ4n) is 2.07. The van der Waals surface area contributed by atoms with E-state index in [-0.39, 0.29) is 0 Å². The molecular weight excluding hydrogens is 294 g/mol. The predicted molar refractivity (Wildman–Crippen MR) is 88.9 cm³/mol. The maximum Gasteiger partial charge on any atom is 0.148 e. The highest BCUT2D eigenvalue weighted by molar-refractivity contribution is 7.98. The number of aromatic nitrogens is 4. The Morgan fingerprint density at radius 1 is 1.05 bits per heavy atom. The number of nitrogens with zero attached hydrogens (tertiary/aromatic N) is 4. The molecule has 0 radical (unpaired) electrons. The standard InChI is InChI=1S/C16H17N5S/c1-22-16-7-6-15(19-20-16)18-10-13-2-4-14(5-3-13)11-21-9-8-17-12-21/h2-9,12H,10-11H2,1H3,(H,18,19). The monoisotopic (exact) mass is 311 g/mol. The second-order valence-electron chi connectivity index (χ2n) is 4.87. The molecule has 0 aliphatic heterocycles. The molecule has 0 atom stereocenters. The molecule has 0 aliphatic carbocycles. The summed E-state index contributed by atoms with van der Waals surface area (Å²) in [4.78, 5) is 4.05. The zero-order chi connectivity index (χ0) is 15.2. The lowest BCUT2D eigenvalue weighted by Gasteiger charge is -2.07. The summed E-state index contributed by atoms with van der Waals surface area (Å²) >= 11 is 1.59. The smallest absolute Gasteiger partial charge is 0.148 e. The summed E-state index contributed by atoms with van der Waals surface area (Å²) in [6.45, 7) is 1.58. The largest absolute Gasteiger partial charge is 0.365 e. The van der Waals surface area contributed by atoms with Crippen molar-refractivity contribution in [2.24, 2.45) is 0 Å². The van der Waals surface area contributed by atoms with Crippen LogP contribution in [0.15, 0.2) is 60.1 Å². The topological polar surface area (TPSA) is 55.6 Å². The molecule has 5 nitrogen and oxygen atoms in total. The SMILES string of the molecule is CSc1ccc(NCc2ccc(Cn3ccnc3)cc2)nn1. The minimum atomic E-state index is 0.735. The third kappa shape index (κ3) is 3.85. The molecule has 0 aliphatic rings.